The third-order valence-corrected chi connectivity index (χ3v) is 2.78. The summed E-state index contributed by atoms with van der Waals surface area (Å²) in [4.78, 5) is 10.3. The summed E-state index contributed by atoms with van der Waals surface area (Å²) in [5, 5.41) is 8.87. The van der Waals surface area contributed by atoms with Crippen LogP contribution >= 0.6 is 11.6 Å². The zero-order valence-corrected chi connectivity index (χ0v) is 10.8. The lowest BCUT2D eigenvalue weighted by atomic mass is 10.1. The lowest BCUT2D eigenvalue weighted by Crippen LogP contribution is -2.34. The van der Waals surface area contributed by atoms with Crippen molar-refractivity contribution in [3.05, 3.63) is 53.6 Å². The van der Waals surface area contributed by atoms with Gasteiger partial charge in [-0.05, 0) is 35.4 Å². The molecular weight excluding hydrogens is 290 g/mol. The monoisotopic (exact) mass is 298 g/mol. The number of carboxylic acid groups (broad SMARTS) is 1. The van der Waals surface area contributed by atoms with E-state index in [-0.39, 0.29) is 5.75 Å². The molecule has 2 aromatic rings. The zero-order chi connectivity index (χ0) is 14.8. The van der Waals surface area contributed by atoms with Gasteiger partial charge in [-0.2, -0.15) is 8.78 Å². The Morgan fingerprint density at radius 2 is 1.45 bits per heavy atom. The lowest BCUT2D eigenvalue weighted by molar-refractivity contribution is -0.210. The van der Waals surface area contributed by atoms with Gasteiger partial charge in [0, 0.05) is 5.02 Å². The second-order valence-corrected chi connectivity index (χ2v) is 4.39. The molecule has 0 atom stereocenters. The first-order chi connectivity index (χ1) is 9.38. The van der Waals surface area contributed by atoms with Gasteiger partial charge in [0.1, 0.15) is 5.75 Å². The second kappa shape index (κ2) is 5.46. The summed E-state index contributed by atoms with van der Waals surface area (Å²) in [5.74, 6) is -2.56. The Balaban J connectivity index is 2.18. The van der Waals surface area contributed by atoms with Crippen molar-refractivity contribution in [1.29, 1.82) is 0 Å². The Morgan fingerprint density at radius 3 is 1.90 bits per heavy atom. The van der Waals surface area contributed by atoms with Crippen LogP contribution in [0.5, 0.6) is 5.75 Å². The maximum atomic E-state index is 12.9. The molecule has 0 aliphatic rings. The lowest BCUT2D eigenvalue weighted by Gasteiger charge is -2.13. The number of hydrogen-bond acceptors (Lipinski definition) is 2. The van der Waals surface area contributed by atoms with Crippen molar-refractivity contribution in [2.45, 2.75) is 6.11 Å². The van der Waals surface area contributed by atoms with E-state index >= 15 is 0 Å². The Labute approximate surface area is 118 Å². The highest BCUT2D eigenvalue weighted by Crippen LogP contribution is 2.26. The fourth-order valence-electron chi connectivity index (χ4n) is 1.55. The third-order valence-electron chi connectivity index (χ3n) is 2.53. The first-order valence-corrected chi connectivity index (χ1v) is 5.92. The molecule has 0 aromatic heterocycles. The fraction of sp³-hybridized carbons (Fsp3) is 0.0714. The standard InChI is InChI=1S/C14H9ClF2O3/c15-11-5-1-9(2-6-11)10-3-7-12(8-4-10)20-14(16,17)13(18)19/h1-8H,(H,18,19). The van der Waals surface area contributed by atoms with Crippen molar-refractivity contribution in [2.75, 3.05) is 0 Å². The summed E-state index contributed by atoms with van der Waals surface area (Å²) in [6.45, 7) is 0. The van der Waals surface area contributed by atoms with Crippen LogP contribution in [-0.2, 0) is 4.79 Å². The first kappa shape index (κ1) is 14.3. The van der Waals surface area contributed by atoms with Gasteiger partial charge in [0.05, 0.1) is 0 Å². The fourth-order valence-corrected chi connectivity index (χ4v) is 1.68. The van der Waals surface area contributed by atoms with E-state index in [4.69, 9.17) is 16.7 Å². The predicted octanol–water partition coefficient (Wildman–Crippen LogP) is 4.06. The third kappa shape index (κ3) is 3.24. The Bertz CT molecular complexity index is 609. The number of ether oxygens (including phenoxy) is 1. The number of aliphatic carboxylic acids is 1. The molecule has 0 radical (unpaired) electrons. The van der Waals surface area contributed by atoms with Crippen molar-refractivity contribution in [3.63, 3.8) is 0 Å². The van der Waals surface area contributed by atoms with E-state index in [2.05, 4.69) is 4.74 Å². The second-order valence-electron chi connectivity index (χ2n) is 3.96. The largest absolute Gasteiger partial charge is 0.501 e. The average molecular weight is 299 g/mol. The molecule has 0 saturated heterocycles. The summed E-state index contributed by atoms with van der Waals surface area (Å²) in [7, 11) is 0. The molecule has 1 N–H and O–H groups in total. The minimum Gasteiger partial charge on any atom is -0.474 e. The van der Waals surface area contributed by atoms with Gasteiger partial charge in [-0.25, -0.2) is 4.79 Å². The van der Waals surface area contributed by atoms with E-state index < -0.39 is 12.1 Å². The van der Waals surface area contributed by atoms with Crippen LogP contribution in [0.1, 0.15) is 0 Å². The Hall–Kier alpha value is -2.14. The summed E-state index contributed by atoms with van der Waals surface area (Å²) >= 11 is 5.77. The topological polar surface area (TPSA) is 46.5 Å². The van der Waals surface area contributed by atoms with Crippen molar-refractivity contribution in [3.8, 4) is 16.9 Å². The van der Waals surface area contributed by atoms with Crippen LogP contribution in [0, 0.1) is 0 Å². The maximum absolute atomic E-state index is 12.9. The normalized spacial score (nSPS) is 11.2. The van der Waals surface area contributed by atoms with Gasteiger partial charge >= 0.3 is 12.1 Å². The molecule has 0 heterocycles. The van der Waals surface area contributed by atoms with Gasteiger partial charge in [0.15, 0.2) is 0 Å². The van der Waals surface area contributed by atoms with Crippen LogP contribution in [0.15, 0.2) is 48.5 Å². The Kier molecular flexibility index (Phi) is 3.90. The minimum absolute atomic E-state index is 0.227. The van der Waals surface area contributed by atoms with Crippen LogP contribution in [0.2, 0.25) is 5.02 Å². The van der Waals surface area contributed by atoms with Gasteiger partial charge in [-0.3, -0.25) is 0 Å². The van der Waals surface area contributed by atoms with Crippen LogP contribution < -0.4 is 4.74 Å². The van der Waals surface area contributed by atoms with Gasteiger partial charge in [0.25, 0.3) is 0 Å². The van der Waals surface area contributed by atoms with Crippen LogP contribution in [0.3, 0.4) is 0 Å². The quantitative estimate of drug-likeness (QED) is 0.925. The highest BCUT2D eigenvalue weighted by Gasteiger charge is 2.42. The highest BCUT2D eigenvalue weighted by atomic mass is 35.5. The number of benzene rings is 2. The zero-order valence-electron chi connectivity index (χ0n) is 10.0. The summed E-state index contributed by atoms with van der Waals surface area (Å²) in [6.07, 6.45) is -4.25. The van der Waals surface area contributed by atoms with E-state index in [9.17, 15) is 13.6 Å². The summed E-state index contributed by atoms with van der Waals surface area (Å²) in [6, 6.07) is 12.6. The van der Waals surface area contributed by atoms with Gasteiger partial charge in [-0.15, -0.1) is 0 Å². The minimum atomic E-state index is -4.25. The van der Waals surface area contributed by atoms with Gasteiger partial charge in [0.2, 0.25) is 0 Å². The van der Waals surface area contributed by atoms with Crippen molar-refractivity contribution >= 4 is 17.6 Å². The number of rotatable bonds is 4. The molecule has 3 nitrogen and oxygen atoms in total. The number of hydrogen-bond donors (Lipinski definition) is 1. The smallest absolute Gasteiger partial charge is 0.474 e. The summed E-state index contributed by atoms with van der Waals surface area (Å²) in [5.41, 5.74) is 1.62. The van der Waals surface area contributed by atoms with Gasteiger partial charge < -0.3 is 9.84 Å². The molecule has 104 valence electrons. The molecule has 0 saturated carbocycles. The van der Waals surface area contributed by atoms with Crippen LogP contribution in [0.4, 0.5) is 8.78 Å². The number of carboxylic acids is 1. The molecule has 0 amide bonds. The van der Waals surface area contributed by atoms with Crippen molar-refractivity contribution < 1.29 is 23.4 Å². The molecule has 0 bridgehead atoms. The van der Waals surface area contributed by atoms with Crippen molar-refractivity contribution in [1.82, 2.24) is 0 Å². The summed E-state index contributed by atoms with van der Waals surface area (Å²) < 4.78 is 29.8. The Morgan fingerprint density at radius 1 is 1.00 bits per heavy atom. The molecular formula is C14H9ClF2O3. The SMILES string of the molecule is O=C(O)C(F)(F)Oc1ccc(-c2ccc(Cl)cc2)cc1. The van der Waals surface area contributed by atoms with E-state index in [0.717, 1.165) is 11.1 Å². The molecule has 0 spiro atoms. The predicted molar refractivity (Wildman–Crippen MR) is 70.1 cm³/mol. The first-order valence-electron chi connectivity index (χ1n) is 5.55. The molecule has 0 aliphatic heterocycles. The highest BCUT2D eigenvalue weighted by molar-refractivity contribution is 6.30. The molecule has 0 fully saturated rings. The number of carbonyl (C=O) groups is 1. The molecule has 2 aromatic carbocycles. The molecule has 6 heteroatoms. The van der Waals surface area contributed by atoms with E-state index in [0.29, 0.717) is 5.02 Å². The maximum Gasteiger partial charge on any atom is 0.501 e. The van der Waals surface area contributed by atoms with E-state index in [1.165, 1.54) is 12.1 Å². The molecule has 0 unspecified atom stereocenters. The van der Waals surface area contributed by atoms with Crippen molar-refractivity contribution in [2.24, 2.45) is 0 Å². The van der Waals surface area contributed by atoms with Crippen LogP contribution in [-0.4, -0.2) is 17.2 Å². The van der Waals surface area contributed by atoms with E-state index in [1.807, 2.05) is 0 Å². The molecule has 2 rings (SSSR count). The number of halogens is 3. The van der Waals surface area contributed by atoms with Crippen LogP contribution in [0.25, 0.3) is 11.1 Å². The number of alkyl halides is 2. The molecule has 0 aliphatic carbocycles. The van der Waals surface area contributed by atoms with Gasteiger partial charge in [-0.1, -0.05) is 35.9 Å². The van der Waals surface area contributed by atoms with E-state index in [1.54, 1.807) is 36.4 Å². The average Bonchev–Trinajstić information content (AvgIpc) is 2.40. The molecule has 20 heavy (non-hydrogen) atoms.